The van der Waals surface area contributed by atoms with Crippen molar-refractivity contribution in [3.05, 3.63) is 134 Å². The Morgan fingerprint density at radius 3 is 1.93 bits per heavy atom. The van der Waals surface area contributed by atoms with Gasteiger partial charge in [-0.3, -0.25) is 4.98 Å². The number of phenols is 1. The van der Waals surface area contributed by atoms with Crippen LogP contribution in [0.15, 0.2) is 134 Å². The average molecular weight is 531 g/mol. The number of aromatic nitrogens is 4. The summed E-state index contributed by atoms with van der Waals surface area (Å²) in [6.45, 7) is 0. The maximum atomic E-state index is 10.5. The second-order valence-electron chi connectivity index (χ2n) is 10.0. The van der Waals surface area contributed by atoms with E-state index in [0.29, 0.717) is 11.4 Å². The number of phenolic OH excluding ortho intramolecular Hbond substituents is 1. The Morgan fingerprint density at radius 1 is 0.537 bits per heavy atom. The SMILES string of the molecule is Cn1c(-c2ccccc2O)nc2c(-c3cc(-c4ccccc4)cc(-c4cc(-c5ccccc5)ccn4)c3)ccnc21. The first-order chi connectivity index (χ1) is 20.2. The molecule has 0 radical (unpaired) electrons. The minimum atomic E-state index is 0.185. The van der Waals surface area contributed by atoms with Gasteiger partial charge in [-0.05, 0) is 76.3 Å². The van der Waals surface area contributed by atoms with E-state index in [-0.39, 0.29) is 5.75 Å². The number of para-hydroxylation sites is 1. The molecule has 0 unspecified atom stereocenters. The maximum Gasteiger partial charge on any atom is 0.160 e. The minimum Gasteiger partial charge on any atom is -0.507 e. The van der Waals surface area contributed by atoms with Crippen LogP contribution in [-0.2, 0) is 7.05 Å². The largest absolute Gasteiger partial charge is 0.507 e. The lowest BCUT2D eigenvalue weighted by molar-refractivity contribution is 0.476. The highest BCUT2D eigenvalue weighted by atomic mass is 16.3. The van der Waals surface area contributed by atoms with Crippen molar-refractivity contribution >= 4 is 11.2 Å². The smallest absolute Gasteiger partial charge is 0.160 e. The summed E-state index contributed by atoms with van der Waals surface area (Å²) in [5, 5.41) is 10.5. The molecule has 41 heavy (non-hydrogen) atoms. The first-order valence-corrected chi connectivity index (χ1v) is 13.5. The molecule has 196 valence electrons. The van der Waals surface area contributed by atoms with E-state index in [2.05, 4.69) is 77.8 Å². The molecule has 0 fully saturated rings. The van der Waals surface area contributed by atoms with Crippen LogP contribution < -0.4 is 0 Å². The zero-order valence-corrected chi connectivity index (χ0v) is 22.4. The van der Waals surface area contributed by atoms with Gasteiger partial charge in [0.1, 0.15) is 17.1 Å². The van der Waals surface area contributed by atoms with Crippen LogP contribution in [-0.4, -0.2) is 24.6 Å². The van der Waals surface area contributed by atoms with Gasteiger partial charge in [-0.25, -0.2) is 9.97 Å². The molecule has 7 aromatic rings. The highest BCUT2D eigenvalue weighted by Gasteiger charge is 2.18. The molecule has 0 aliphatic rings. The van der Waals surface area contributed by atoms with Gasteiger partial charge in [0.25, 0.3) is 0 Å². The van der Waals surface area contributed by atoms with Crippen molar-refractivity contribution in [2.24, 2.45) is 7.05 Å². The number of fused-ring (bicyclic) bond motifs is 1. The summed E-state index contributed by atoms with van der Waals surface area (Å²) in [6.07, 6.45) is 3.69. The van der Waals surface area contributed by atoms with Crippen molar-refractivity contribution in [1.82, 2.24) is 19.5 Å². The molecule has 0 bridgehead atoms. The predicted octanol–water partition coefficient (Wildman–Crippen LogP) is 8.40. The number of rotatable bonds is 5. The molecule has 1 N–H and O–H groups in total. The zero-order chi connectivity index (χ0) is 27.8. The van der Waals surface area contributed by atoms with E-state index < -0.39 is 0 Å². The van der Waals surface area contributed by atoms with Gasteiger partial charge in [-0.1, -0.05) is 72.8 Å². The Morgan fingerprint density at radius 2 is 1.17 bits per heavy atom. The first-order valence-electron chi connectivity index (χ1n) is 13.5. The lowest BCUT2D eigenvalue weighted by Gasteiger charge is -2.12. The molecule has 4 aromatic carbocycles. The Bertz CT molecular complexity index is 2010. The van der Waals surface area contributed by atoms with E-state index in [0.717, 1.165) is 55.8 Å². The van der Waals surface area contributed by atoms with Gasteiger partial charge in [0, 0.05) is 30.6 Å². The van der Waals surface area contributed by atoms with Crippen LogP contribution in [0.25, 0.3) is 67.2 Å². The molecular weight excluding hydrogens is 504 g/mol. The molecule has 3 heterocycles. The number of aromatic hydroxyl groups is 1. The molecule has 3 aromatic heterocycles. The Balaban J connectivity index is 1.43. The fraction of sp³-hybridized carbons (Fsp3) is 0.0278. The average Bonchev–Trinajstić information content (AvgIpc) is 3.38. The summed E-state index contributed by atoms with van der Waals surface area (Å²) in [5.74, 6) is 0.847. The highest BCUT2D eigenvalue weighted by molar-refractivity contribution is 5.94. The predicted molar refractivity (Wildman–Crippen MR) is 165 cm³/mol. The van der Waals surface area contributed by atoms with Crippen molar-refractivity contribution in [3.63, 3.8) is 0 Å². The molecular formula is C36H26N4O. The number of nitrogens with zero attached hydrogens (tertiary/aromatic N) is 4. The fourth-order valence-corrected chi connectivity index (χ4v) is 5.34. The van der Waals surface area contributed by atoms with Gasteiger partial charge in [-0.15, -0.1) is 0 Å². The first kappa shape index (κ1) is 24.5. The summed E-state index contributed by atoms with van der Waals surface area (Å²) in [6, 6.07) is 40.7. The molecule has 5 nitrogen and oxygen atoms in total. The van der Waals surface area contributed by atoms with E-state index in [1.807, 2.05) is 66.5 Å². The number of hydrogen-bond acceptors (Lipinski definition) is 4. The second kappa shape index (κ2) is 10.2. The van der Waals surface area contributed by atoms with Crippen LogP contribution in [0, 0.1) is 0 Å². The van der Waals surface area contributed by atoms with Crippen molar-refractivity contribution < 1.29 is 5.11 Å². The normalized spacial score (nSPS) is 11.1. The summed E-state index contributed by atoms with van der Waals surface area (Å²) < 4.78 is 1.93. The maximum absolute atomic E-state index is 10.5. The number of pyridine rings is 2. The van der Waals surface area contributed by atoms with E-state index >= 15 is 0 Å². The zero-order valence-electron chi connectivity index (χ0n) is 22.4. The molecule has 0 saturated carbocycles. The Kier molecular flexibility index (Phi) is 6.10. The van der Waals surface area contributed by atoms with Crippen molar-refractivity contribution in [2.45, 2.75) is 0 Å². The monoisotopic (exact) mass is 530 g/mol. The van der Waals surface area contributed by atoms with Crippen molar-refractivity contribution in [1.29, 1.82) is 0 Å². The molecule has 7 rings (SSSR count). The topological polar surface area (TPSA) is 63.8 Å². The molecule has 0 saturated heterocycles. The molecule has 0 amide bonds. The third-order valence-corrected chi connectivity index (χ3v) is 7.42. The summed E-state index contributed by atoms with van der Waals surface area (Å²) in [7, 11) is 1.93. The quantitative estimate of drug-likeness (QED) is 0.243. The molecule has 0 aliphatic carbocycles. The second-order valence-corrected chi connectivity index (χ2v) is 10.0. The van der Waals surface area contributed by atoms with Gasteiger partial charge in [0.15, 0.2) is 5.65 Å². The van der Waals surface area contributed by atoms with Crippen LogP contribution in [0.3, 0.4) is 0 Å². The van der Waals surface area contributed by atoms with Crippen LogP contribution in [0.5, 0.6) is 5.75 Å². The third-order valence-electron chi connectivity index (χ3n) is 7.42. The third kappa shape index (κ3) is 4.53. The summed E-state index contributed by atoms with van der Waals surface area (Å²) in [4.78, 5) is 14.4. The van der Waals surface area contributed by atoms with Crippen LogP contribution in [0.2, 0.25) is 0 Å². The van der Waals surface area contributed by atoms with E-state index in [1.165, 1.54) is 0 Å². The van der Waals surface area contributed by atoms with Gasteiger partial charge < -0.3 is 9.67 Å². The van der Waals surface area contributed by atoms with Gasteiger partial charge in [0.2, 0.25) is 0 Å². The van der Waals surface area contributed by atoms with Gasteiger partial charge in [0.05, 0.1) is 11.3 Å². The summed E-state index contributed by atoms with van der Waals surface area (Å²) in [5.41, 5.74) is 10.6. The van der Waals surface area contributed by atoms with Crippen molar-refractivity contribution in [2.75, 3.05) is 0 Å². The lowest BCUT2D eigenvalue weighted by Crippen LogP contribution is -1.94. The molecule has 0 spiro atoms. The standard InChI is InChI=1S/C36H26N4O/c1-40-35(31-14-8-9-15-33(31)41)39-34-30(17-19-38-36(34)40)28-20-27(25-12-6-3-7-13-25)21-29(22-28)32-23-26(16-18-37-32)24-10-4-2-5-11-24/h2-23,41H,1H3. The molecule has 0 aliphatic heterocycles. The van der Waals surface area contributed by atoms with E-state index in [1.54, 1.807) is 6.07 Å². The number of benzene rings is 4. The number of aryl methyl sites for hydroxylation is 1. The molecule has 0 atom stereocenters. The van der Waals surface area contributed by atoms with E-state index in [4.69, 9.17) is 9.97 Å². The summed E-state index contributed by atoms with van der Waals surface area (Å²) >= 11 is 0. The number of imidazole rings is 1. The van der Waals surface area contributed by atoms with Crippen LogP contribution in [0.1, 0.15) is 0 Å². The van der Waals surface area contributed by atoms with Crippen molar-refractivity contribution in [3.8, 4) is 61.8 Å². The number of hydrogen-bond donors (Lipinski definition) is 1. The van der Waals surface area contributed by atoms with Crippen LogP contribution >= 0.6 is 0 Å². The van der Waals surface area contributed by atoms with Gasteiger partial charge >= 0.3 is 0 Å². The van der Waals surface area contributed by atoms with E-state index in [9.17, 15) is 5.11 Å². The lowest BCUT2D eigenvalue weighted by atomic mass is 9.94. The molecule has 5 heteroatoms. The van der Waals surface area contributed by atoms with Crippen LogP contribution in [0.4, 0.5) is 0 Å². The minimum absolute atomic E-state index is 0.185. The fourth-order valence-electron chi connectivity index (χ4n) is 5.34. The van der Waals surface area contributed by atoms with Gasteiger partial charge in [-0.2, -0.15) is 0 Å². The Hall–Kier alpha value is -5.55. The Labute approximate surface area is 238 Å². The highest BCUT2D eigenvalue weighted by Crippen LogP contribution is 2.37.